The molecule has 2 N–H and O–H groups in total. The summed E-state index contributed by atoms with van der Waals surface area (Å²) in [5.74, 6) is -0.0132. The Hall–Kier alpha value is -1.08. The van der Waals surface area contributed by atoms with Gasteiger partial charge >= 0.3 is 0 Å². The van der Waals surface area contributed by atoms with Crippen molar-refractivity contribution < 1.29 is 0 Å². The summed E-state index contributed by atoms with van der Waals surface area (Å²) in [5, 5.41) is 9.76. The SMILES string of the molecule is CCC(N)C(c1cccc(Cl)c1)N(CC)CC(C)C#N. The molecule has 0 amide bonds. The van der Waals surface area contributed by atoms with Crippen molar-refractivity contribution in [3.8, 4) is 6.07 Å². The van der Waals surface area contributed by atoms with E-state index < -0.39 is 0 Å². The average molecular weight is 294 g/mol. The van der Waals surface area contributed by atoms with E-state index in [1.807, 2.05) is 25.1 Å². The highest BCUT2D eigenvalue weighted by Crippen LogP contribution is 2.27. The van der Waals surface area contributed by atoms with Gasteiger partial charge in [0, 0.05) is 23.7 Å². The fourth-order valence-electron chi connectivity index (χ4n) is 2.47. The highest BCUT2D eigenvalue weighted by molar-refractivity contribution is 6.30. The summed E-state index contributed by atoms with van der Waals surface area (Å²) in [4.78, 5) is 2.27. The summed E-state index contributed by atoms with van der Waals surface area (Å²) in [6.07, 6.45) is 0.884. The molecule has 0 spiro atoms. The molecule has 110 valence electrons. The molecular formula is C16H24ClN3. The Balaban J connectivity index is 3.07. The van der Waals surface area contributed by atoms with Gasteiger partial charge in [-0.15, -0.1) is 0 Å². The van der Waals surface area contributed by atoms with Gasteiger partial charge in [0.15, 0.2) is 0 Å². The Morgan fingerprint density at radius 3 is 2.60 bits per heavy atom. The number of rotatable bonds is 7. The number of hydrogen-bond donors (Lipinski definition) is 1. The lowest BCUT2D eigenvalue weighted by Gasteiger charge is -2.35. The lowest BCUT2D eigenvalue weighted by Crippen LogP contribution is -2.42. The zero-order valence-electron chi connectivity index (χ0n) is 12.5. The molecule has 1 aromatic carbocycles. The molecule has 0 saturated heterocycles. The van der Waals surface area contributed by atoms with E-state index in [0.29, 0.717) is 0 Å². The van der Waals surface area contributed by atoms with Gasteiger partial charge in [0.1, 0.15) is 0 Å². The van der Waals surface area contributed by atoms with Gasteiger partial charge in [-0.05, 0) is 37.6 Å². The van der Waals surface area contributed by atoms with Crippen LogP contribution in [-0.2, 0) is 0 Å². The number of hydrogen-bond acceptors (Lipinski definition) is 3. The molecule has 20 heavy (non-hydrogen) atoms. The Bertz CT molecular complexity index is 455. The van der Waals surface area contributed by atoms with Crippen LogP contribution in [0.1, 0.15) is 38.8 Å². The van der Waals surface area contributed by atoms with Crippen LogP contribution in [0.25, 0.3) is 0 Å². The van der Waals surface area contributed by atoms with Crippen LogP contribution in [0.4, 0.5) is 0 Å². The minimum atomic E-state index is -0.0132. The summed E-state index contributed by atoms with van der Waals surface area (Å²) in [5.41, 5.74) is 7.45. The van der Waals surface area contributed by atoms with Crippen LogP contribution in [-0.4, -0.2) is 24.0 Å². The predicted octanol–water partition coefficient (Wildman–Crippen LogP) is 3.60. The van der Waals surface area contributed by atoms with Crippen molar-refractivity contribution in [1.29, 1.82) is 5.26 Å². The van der Waals surface area contributed by atoms with E-state index in [4.69, 9.17) is 22.6 Å². The van der Waals surface area contributed by atoms with Gasteiger partial charge in [-0.1, -0.05) is 37.6 Å². The number of halogens is 1. The van der Waals surface area contributed by atoms with Crippen molar-refractivity contribution in [3.63, 3.8) is 0 Å². The third kappa shape index (κ3) is 4.49. The van der Waals surface area contributed by atoms with E-state index >= 15 is 0 Å². The zero-order valence-corrected chi connectivity index (χ0v) is 13.3. The summed E-state index contributed by atoms with van der Waals surface area (Å²) in [7, 11) is 0. The average Bonchev–Trinajstić information content (AvgIpc) is 2.45. The third-order valence-corrected chi connectivity index (χ3v) is 3.83. The van der Waals surface area contributed by atoms with Gasteiger partial charge in [-0.25, -0.2) is 0 Å². The Kier molecular flexibility index (Phi) is 7.01. The van der Waals surface area contributed by atoms with Crippen molar-refractivity contribution in [2.45, 2.75) is 39.3 Å². The van der Waals surface area contributed by atoms with Crippen molar-refractivity contribution in [3.05, 3.63) is 34.9 Å². The van der Waals surface area contributed by atoms with Crippen molar-refractivity contribution in [2.75, 3.05) is 13.1 Å². The number of nitrogens with two attached hydrogens (primary N) is 1. The third-order valence-electron chi connectivity index (χ3n) is 3.60. The standard InChI is InChI=1S/C16H24ClN3/c1-4-15(19)16(13-7-6-8-14(17)9-13)20(5-2)11-12(3)10-18/h6-9,12,15-16H,4-5,11,19H2,1-3H3. The van der Waals surface area contributed by atoms with E-state index in [2.05, 4.69) is 30.9 Å². The second-order valence-corrected chi connectivity index (χ2v) is 5.63. The molecule has 1 rings (SSSR count). The van der Waals surface area contributed by atoms with Crippen LogP contribution in [0, 0.1) is 17.2 Å². The molecule has 1 aromatic rings. The smallest absolute Gasteiger partial charge is 0.0666 e. The van der Waals surface area contributed by atoms with Crippen LogP contribution >= 0.6 is 11.6 Å². The molecule has 0 saturated carbocycles. The van der Waals surface area contributed by atoms with Gasteiger partial charge in [0.2, 0.25) is 0 Å². The molecule has 0 aliphatic rings. The van der Waals surface area contributed by atoms with Crippen LogP contribution in [0.3, 0.4) is 0 Å². The van der Waals surface area contributed by atoms with E-state index in [-0.39, 0.29) is 18.0 Å². The van der Waals surface area contributed by atoms with E-state index in [1.54, 1.807) is 0 Å². The second kappa shape index (κ2) is 8.26. The summed E-state index contributed by atoms with van der Waals surface area (Å²) in [6, 6.07) is 10.3. The first kappa shape index (κ1) is 17.0. The summed E-state index contributed by atoms with van der Waals surface area (Å²) < 4.78 is 0. The Labute approximate surface area is 127 Å². The van der Waals surface area contributed by atoms with Crippen LogP contribution in [0.15, 0.2) is 24.3 Å². The maximum Gasteiger partial charge on any atom is 0.0666 e. The van der Waals surface area contributed by atoms with Crippen molar-refractivity contribution in [2.24, 2.45) is 11.7 Å². The molecule has 0 aromatic heterocycles. The maximum atomic E-state index is 9.04. The first-order chi connectivity index (χ1) is 9.53. The summed E-state index contributed by atoms with van der Waals surface area (Å²) in [6.45, 7) is 7.71. The molecule has 3 atom stereocenters. The monoisotopic (exact) mass is 293 g/mol. The lowest BCUT2D eigenvalue weighted by molar-refractivity contribution is 0.166. The topological polar surface area (TPSA) is 53.0 Å². The largest absolute Gasteiger partial charge is 0.326 e. The van der Waals surface area contributed by atoms with E-state index in [0.717, 1.165) is 30.1 Å². The lowest BCUT2D eigenvalue weighted by atomic mass is 9.95. The molecule has 3 nitrogen and oxygen atoms in total. The first-order valence-corrected chi connectivity index (χ1v) is 7.55. The van der Waals surface area contributed by atoms with E-state index in [9.17, 15) is 0 Å². The number of nitrogens with zero attached hydrogens (tertiary/aromatic N) is 2. The highest BCUT2D eigenvalue weighted by Gasteiger charge is 2.26. The molecular weight excluding hydrogens is 270 g/mol. The first-order valence-electron chi connectivity index (χ1n) is 7.18. The van der Waals surface area contributed by atoms with Crippen LogP contribution in [0.5, 0.6) is 0 Å². The summed E-state index contributed by atoms with van der Waals surface area (Å²) >= 11 is 6.11. The molecule has 0 bridgehead atoms. The minimum Gasteiger partial charge on any atom is -0.326 e. The molecule has 0 radical (unpaired) electrons. The van der Waals surface area contributed by atoms with Gasteiger partial charge in [0.05, 0.1) is 12.0 Å². The Morgan fingerprint density at radius 2 is 2.10 bits per heavy atom. The maximum absolute atomic E-state index is 9.04. The number of benzene rings is 1. The number of likely N-dealkylation sites (N-methyl/N-ethyl adjacent to an activating group) is 1. The quantitative estimate of drug-likeness (QED) is 0.835. The molecule has 0 fully saturated rings. The second-order valence-electron chi connectivity index (χ2n) is 5.19. The molecule has 0 aliphatic heterocycles. The Morgan fingerprint density at radius 1 is 1.40 bits per heavy atom. The van der Waals surface area contributed by atoms with Gasteiger partial charge in [-0.2, -0.15) is 5.26 Å². The van der Waals surface area contributed by atoms with Gasteiger partial charge < -0.3 is 5.73 Å². The highest BCUT2D eigenvalue weighted by atomic mass is 35.5. The fourth-order valence-corrected chi connectivity index (χ4v) is 2.67. The molecule has 4 heteroatoms. The van der Waals surface area contributed by atoms with Gasteiger partial charge in [0.25, 0.3) is 0 Å². The van der Waals surface area contributed by atoms with Crippen molar-refractivity contribution in [1.82, 2.24) is 4.90 Å². The zero-order chi connectivity index (χ0) is 15.1. The van der Waals surface area contributed by atoms with Crippen molar-refractivity contribution >= 4 is 11.6 Å². The minimum absolute atomic E-state index is 0.0132. The van der Waals surface area contributed by atoms with Crippen LogP contribution in [0.2, 0.25) is 5.02 Å². The van der Waals surface area contributed by atoms with Gasteiger partial charge in [-0.3, -0.25) is 4.90 Å². The van der Waals surface area contributed by atoms with E-state index in [1.165, 1.54) is 0 Å². The fraction of sp³-hybridized carbons (Fsp3) is 0.562. The predicted molar refractivity (Wildman–Crippen MR) is 84.5 cm³/mol. The molecule has 0 heterocycles. The molecule has 3 unspecified atom stereocenters. The normalized spacial score (nSPS) is 15.7. The number of nitriles is 1. The molecule has 0 aliphatic carbocycles. The van der Waals surface area contributed by atoms with Crippen LogP contribution < -0.4 is 5.73 Å².